The average Bonchev–Trinajstić information content (AvgIpc) is 2.21. The molecule has 0 aromatic carbocycles. The van der Waals surface area contributed by atoms with E-state index in [-0.39, 0.29) is 12.2 Å². The molecule has 3 atom stereocenters. The Balaban J connectivity index is 4.35. The summed E-state index contributed by atoms with van der Waals surface area (Å²) < 4.78 is 9.07. The van der Waals surface area contributed by atoms with Gasteiger partial charge in [0.05, 0.1) is 6.10 Å². The molecule has 0 spiro atoms. The molecule has 0 fully saturated rings. The fourth-order valence-corrected chi connectivity index (χ4v) is 1.61. The maximum absolute atomic E-state index is 11.4. The molecule has 17 heavy (non-hydrogen) atoms. The number of nitrogens with one attached hydrogen (secondary N) is 1. The van der Waals surface area contributed by atoms with Gasteiger partial charge in [-0.3, -0.25) is 4.79 Å². The number of aliphatic carboxylic acids is 1. The minimum Gasteiger partial charge on any atom is -0.480 e. The standard InChI is InChI=1S/C9H19N2O5S/c1-5(12)7(10)8(13)11-6(9(14)15)3-4-17(2)16/h5-7,12,16H,3-4,10H2,1-2H3,(H,11,13)(H,14,15)/t5-,6+,7+/m1/s1. The van der Waals surface area contributed by atoms with E-state index in [1.54, 1.807) is 6.26 Å². The summed E-state index contributed by atoms with van der Waals surface area (Å²) in [5, 5.41) is 20.2. The predicted octanol–water partition coefficient (Wildman–Crippen LogP) is -0.974. The number of carbonyl (C=O) groups is 2. The summed E-state index contributed by atoms with van der Waals surface area (Å²) in [7, 11) is 0. The average molecular weight is 267 g/mol. The summed E-state index contributed by atoms with van der Waals surface area (Å²) in [6.07, 6.45) is 0.620. The number of hydrogen-bond donors (Lipinski definition) is 5. The fourth-order valence-electron chi connectivity index (χ4n) is 1.03. The summed E-state index contributed by atoms with van der Waals surface area (Å²) in [6, 6.07) is -2.26. The number of aliphatic hydroxyl groups excluding tert-OH is 1. The van der Waals surface area contributed by atoms with E-state index in [4.69, 9.17) is 20.5 Å². The molecule has 0 aliphatic rings. The molecule has 8 heteroatoms. The number of carboxylic acids is 1. The van der Waals surface area contributed by atoms with E-state index in [0.717, 1.165) is 0 Å². The zero-order valence-corrected chi connectivity index (χ0v) is 10.6. The zero-order chi connectivity index (χ0) is 13.6. The highest BCUT2D eigenvalue weighted by molar-refractivity contribution is 8.11. The zero-order valence-electron chi connectivity index (χ0n) is 9.79. The Morgan fingerprint density at radius 2 is 2.00 bits per heavy atom. The van der Waals surface area contributed by atoms with Crippen molar-refractivity contribution >= 4 is 23.1 Å². The van der Waals surface area contributed by atoms with Gasteiger partial charge in [0, 0.05) is 5.75 Å². The van der Waals surface area contributed by atoms with E-state index < -0.39 is 41.2 Å². The Morgan fingerprint density at radius 3 is 2.35 bits per heavy atom. The van der Waals surface area contributed by atoms with Crippen molar-refractivity contribution in [3.8, 4) is 0 Å². The largest absolute Gasteiger partial charge is 0.480 e. The molecular formula is C9H19N2O5S. The highest BCUT2D eigenvalue weighted by atomic mass is 32.2. The maximum Gasteiger partial charge on any atom is 0.326 e. The molecule has 0 aromatic rings. The highest BCUT2D eigenvalue weighted by Crippen LogP contribution is 2.14. The Labute approximate surface area is 103 Å². The topological polar surface area (TPSA) is 133 Å². The molecule has 6 N–H and O–H groups in total. The highest BCUT2D eigenvalue weighted by Gasteiger charge is 2.25. The van der Waals surface area contributed by atoms with Gasteiger partial charge in [0.25, 0.3) is 0 Å². The van der Waals surface area contributed by atoms with Crippen molar-refractivity contribution in [1.29, 1.82) is 0 Å². The van der Waals surface area contributed by atoms with E-state index in [9.17, 15) is 9.59 Å². The molecule has 7 nitrogen and oxygen atoms in total. The van der Waals surface area contributed by atoms with Crippen LogP contribution in [0.25, 0.3) is 0 Å². The third-order valence-electron chi connectivity index (χ3n) is 2.14. The number of rotatable bonds is 7. The van der Waals surface area contributed by atoms with Gasteiger partial charge in [-0.1, -0.05) is 11.2 Å². The van der Waals surface area contributed by atoms with Gasteiger partial charge in [-0.2, -0.15) is 0 Å². The molecule has 1 radical (unpaired) electrons. The summed E-state index contributed by atoms with van der Waals surface area (Å²) in [6.45, 7) is 1.34. The molecule has 0 unspecified atom stereocenters. The lowest BCUT2D eigenvalue weighted by molar-refractivity contribution is -0.142. The monoisotopic (exact) mass is 267 g/mol. The van der Waals surface area contributed by atoms with Gasteiger partial charge in [0.1, 0.15) is 12.1 Å². The second-order valence-electron chi connectivity index (χ2n) is 3.76. The normalized spacial score (nSPS) is 16.4. The lowest BCUT2D eigenvalue weighted by atomic mass is 10.1. The maximum atomic E-state index is 11.4. The van der Waals surface area contributed by atoms with Gasteiger partial charge in [0.15, 0.2) is 0 Å². The van der Waals surface area contributed by atoms with Crippen LogP contribution in [0.1, 0.15) is 13.3 Å². The molecule has 0 saturated heterocycles. The molecule has 0 saturated carbocycles. The van der Waals surface area contributed by atoms with Crippen molar-refractivity contribution in [3.63, 3.8) is 0 Å². The third-order valence-corrected chi connectivity index (χ3v) is 2.97. The van der Waals surface area contributed by atoms with Crippen LogP contribution < -0.4 is 11.1 Å². The quantitative estimate of drug-likeness (QED) is 0.403. The lowest BCUT2D eigenvalue weighted by Gasteiger charge is -2.19. The number of nitrogens with two attached hydrogens (primary N) is 1. The first-order valence-corrected chi connectivity index (χ1v) is 6.80. The summed E-state index contributed by atoms with van der Waals surface area (Å²) in [5.41, 5.74) is 5.36. The van der Waals surface area contributed by atoms with Crippen LogP contribution >= 0.6 is 11.2 Å². The van der Waals surface area contributed by atoms with Crippen LogP contribution in [0.4, 0.5) is 0 Å². The summed E-state index contributed by atoms with van der Waals surface area (Å²) >= 11 is -0.882. The number of carboxylic acid groups (broad SMARTS) is 1. The second kappa shape index (κ2) is 7.49. The Morgan fingerprint density at radius 1 is 1.47 bits per heavy atom. The molecular weight excluding hydrogens is 248 g/mol. The van der Waals surface area contributed by atoms with Crippen LogP contribution in [0.15, 0.2) is 0 Å². The summed E-state index contributed by atoms with van der Waals surface area (Å²) in [5.74, 6) is -1.64. The Hall–Kier alpha value is -0.830. The summed E-state index contributed by atoms with van der Waals surface area (Å²) in [4.78, 5) is 22.3. The van der Waals surface area contributed by atoms with Gasteiger partial charge in [-0.05, 0) is 19.6 Å². The van der Waals surface area contributed by atoms with Crippen LogP contribution in [0, 0.1) is 0 Å². The van der Waals surface area contributed by atoms with Crippen molar-refractivity contribution in [2.75, 3.05) is 12.0 Å². The van der Waals surface area contributed by atoms with Gasteiger partial charge < -0.3 is 25.8 Å². The van der Waals surface area contributed by atoms with Crippen LogP contribution in [-0.2, 0) is 9.59 Å². The third kappa shape index (κ3) is 6.47. The van der Waals surface area contributed by atoms with E-state index in [1.165, 1.54) is 6.92 Å². The fraction of sp³-hybridized carbons (Fsp3) is 0.778. The first-order chi connectivity index (χ1) is 7.75. The molecule has 0 aliphatic heterocycles. The van der Waals surface area contributed by atoms with Gasteiger partial charge >= 0.3 is 5.97 Å². The minimum atomic E-state index is -1.19. The smallest absolute Gasteiger partial charge is 0.326 e. The lowest BCUT2D eigenvalue weighted by Crippen LogP contribution is -2.52. The minimum absolute atomic E-state index is 0.115. The molecule has 0 heterocycles. The van der Waals surface area contributed by atoms with Gasteiger partial charge in [-0.15, -0.1) is 0 Å². The molecule has 0 aliphatic carbocycles. The van der Waals surface area contributed by atoms with Crippen molar-refractivity contribution in [3.05, 3.63) is 0 Å². The van der Waals surface area contributed by atoms with Gasteiger partial charge in [0.2, 0.25) is 5.91 Å². The van der Waals surface area contributed by atoms with E-state index in [0.29, 0.717) is 0 Å². The van der Waals surface area contributed by atoms with Crippen LogP contribution in [0.3, 0.4) is 0 Å². The molecule has 0 aromatic heterocycles. The van der Waals surface area contributed by atoms with Crippen LogP contribution in [0.2, 0.25) is 0 Å². The van der Waals surface area contributed by atoms with Crippen LogP contribution in [0.5, 0.6) is 0 Å². The Kier molecular flexibility index (Phi) is 7.12. The molecule has 0 rings (SSSR count). The van der Waals surface area contributed by atoms with E-state index in [1.807, 2.05) is 0 Å². The SMILES string of the molecule is C[C@@H](O)[C@H](N)C(=O)N[C@@H](CC[S](C)O)C(=O)O. The van der Waals surface area contributed by atoms with Crippen molar-refractivity contribution in [2.45, 2.75) is 31.5 Å². The number of amides is 1. The van der Waals surface area contributed by atoms with Crippen molar-refractivity contribution in [2.24, 2.45) is 5.73 Å². The molecule has 1 amide bonds. The molecule has 101 valence electrons. The van der Waals surface area contributed by atoms with Crippen LogP contribution in [-0.4, -0.2) is 56.8 Å². The number of carbonyl (C=O) groups excluding carboxylic acids is 1. The molecule has 0 bridgehead atoms. The second-order valence-corrected chi connectivity index (χ2v) is 5.37. The van der Waals surface area contributed by atoms with E-state index in [2.05, 4.69) is 5.32 Å². The Bertz CT molecular complexity index is 272. The van der Waals surface area contributed by atoms with Gasteiger partial charge in [-0.25, -0.2) is 4.79 Å². The first kappa shape index (κ1) is 16.2. The number of hydrogen-bond acceptors (Lipinski definition) is 5. The van der Waals surface area contributed by atoms with E-state index >= 15 is 0 Å². The van der Waals surface area contributed by atoms with Crippen molar-refractivity contribution < 1.29 is 24.4 Å². The predicted molar refractivity (Wildman–Crippen MR) is 64.9 cm³/mol. The van der Waals surface area contributed by atoms with Crippen molar-refractivity contribution in [1.82, 2.24) is 5.32 Å². The number of aliphatic hydroxyl groups is 1. The first-order valence-electron chi connectivity index (χ1n) is 5.04.